The van der Waals surface area contributed by atoms with Gasteiger partial charge in [-0.2, -0.15) is 0 Å². The van der Waals surface area contributed by atoms with Crippen LogP contribution in [0.1, 0.15) is 12.6 Å². The topological polar surface area (TPSA) is 60.7 Å². The summed E-state index contributed by atoms with van der Waals surface area (Å²) in [6, 6.07) is 2.97. The Morgan fingerprint density at radius 3 is 2.75 bits per heavy atom. The summed E-state index contributed by atoms with van der Waals surface area (Å²) in [5.74, 6) is 0. The van der Waals surface area contributed by atoms with Crippen molar-refractivity contribution < 1.29 is 14.6 Å². The molecule has 2 rings (SSSR count). The molecular weight excluding hydrogens is 210 g/mol. The monoisotopic (exact) mass is 225 g/mol. The van der Waals surface area contributed by atoms with E-state index in [2.05, 4.69) is 0 Å². The summed E-state index contributed by atoms with van der Waals surface area (Å²) in [6.07, 6.45) is 3.45. The first-order valence-corrected chi connectivity index (χ1v) is 5.21. The largest absolute Gasteiger partial charge is 0.394 e. The molecule has 88 valence electrons. The number of aliphatic hydroxyl groups is 1. The van der Waals surface area contributed by atoms with Gasteiger partial charge >= 0.3 is 0 Å². The first-order valence-electron chi connectivity index (χ1n) is 5.21. The molecule has 1 aromatic heterocycles. The molecule has 5 heteroatoms. The zero-order valence-corrected chi connectivity index (χ0v) is 9.07. The van der Waals surface area contributed by atoms with Crippen molar-refractivity contribution in [1.29, 1.82) is 0 Å². The Balaban J connectivity index is 2.12. The Bertz CT molecular complexity index is 371. The van der Waals surface area contributed by atoms with E-state index >= 15 is 0 Å². The Hall–Kier alpha value is -1.17. The molecule has 1 saturated heterocycles. The first kappa shape index (κ1) is 11.3. The zero-order chi connectivity index (χ0) is 11.5. The number of nitrogens with zero attached hydrogens (tertiary/aromatic N) is 1. The Morgan fingerprint density at radius 1 is 1.56 bits per heavy atom. The van der Waals surface area contributed by atoms with E-state index in [-0.39, 0.29) is 30.5 Å². The molecule has 0 aliphatic carbocycles. The van der Waals surface area contributed by atoms with Crippen molar-refractivity contribution in [2.75, 3.05) is 13.7 Å². The van der Waals surface area contributed by atoms with E-state index in [0.717, 1.165) is 0 Å². The molecule has 1 aliphatic heterocycles. The van der Waals surface area contributed by atoms with Crippen LogP contribution in [0.3, 0.4) is 0 Å². The highest BCUT2D eigenvalue weighted by Gasteiger charge is 2.35. The summed E-state index contributed by atoms with van der Waals surface area (Å²) in [6.45, 7) is -0.0603. The van der Waals surface area contributed by atoms with Crippen molar-refractivity contribution in [2.24, 2.45) is 0 Å². The molecule has 0 spiro atoms. The third-order valence-corrected chi connectivity index (χ3v) is 2.82. The van der Waals surface area contributed by atoms with E-state index in [9.17, 15) is 4.79 Å². The van der Waals surface area contributed by atoms with Crippen molar-refractivity contribution in [3.8, 4) is 0 Å². The van der Waals surface area contributed by atoms with Gasteiger partial charge in [0.15, 0.2) is 5.43 Å². The molecule has 0 bridgehead atoms. The smallest absolute Gasteiger partial charge is 0.181 e. The van der Waals surface area contributed by atoms with E-state index in [4.69, 9.17) is 14.6 Å². The lowest BCUT2D eigenvalue weighted by atomic mass is 10.2. The van der Waals surface area contributed by atoms with Crippen LogP contribution in [0.4, 0.5) is 0 Å². The summed E-state index contributed by atoms with van der Waals surface area (Å²) in [4.78, 5) is 11.0. The third kappa shape index (κ3) is 2.16. The maximum atomic E-state index is 11.0. The van der Waals surface area contributed by atoms with Crippen molar-refractivity contribution in [3.63, 3.8) is 0 Å². The van der Waals surface area contributed by atoms with E-state index < -0.39 is 0 Å². The molecule has 1 fully saturated rings. The summed E-state index contributed by atoms with van der Waals surface area (Å²) in [5.41, 5.74) is -0.0313. The van der Waals surface area contributed by atoms with Crippen LogP contribution in [-0.2, 0) is 9.47 Å². The van der Waals surface area contributed by atoms with Gasteiger partial charge in [-0.3, -0.25) is 4.79 Å². The van der Waals surface area contributed by atoms with Crippen LogP contribution in [0, 0.1) is 0 Å². The van der Waals surface area contributed by atoms with Crippen LogP contribution in [0.25, 0.3) is 0 Å². The molecule has 1 aromatic rings. The van der Waals surface area contributed by atoms with Crippen LogP contribution >= 0.6 is 0 Å². The zero-order valence-electron chi connectivity index (χ0n) is 9.07. The number of methoxy groups -OCH3 is 1. The maximum Gasteiger partial charge on any atom is 0.181 e. The average Bonchev–Trinajstić information content (AvgIpc) is 2.73. The molecule has 0 aromatic carbocycles. The quantitative estimate of drug-likeness (QED) is 0.795. The highest BCUT2D eigenvalue weighted by Crippen LogP contribution is 2.29. The minimum Gasteiger partial charge on any atom is -0.394 e. The maximum absolute atomic E-state index is 11.0. The molecule has 1 aliphatic rings. The van der Waals surface area contributed by atoms with Crippen LogP contribution in [0.5, 0.6) is 0 Å². The number of pyridine rings is 1. The molecular formula is C11H15NO4. The highest BCUT2D eigenvalue weighted by molar-refractivity contribution is 4.96. The van der Waals surface area contributed by atoms with E-state index in [1.165, 1.54) is 12.1 Å². The second-order valence-electron chi connectivity index (χ2n) is 3.80. The molecule has 3 atom stereocenters. The minimum absolute atomic E-state index is 0.0313. The van der Waals surface area contributed by atoms with Gasteiger partial charge in [-0.1, -0.05) is 0 Å². The van der Waals surface area contributed by atoms with Gasteiger partial charge in [0.05, 0.1) is 12.7 Å². The molecule has 0 unspecified atom stereocenters. The Morgan fingerprint density at radius 2 is 2.25 bits per heavy atom. The normalized spacial score (nSPS) is 29.5. The lowest BCUT2D eigenvalue weighted by Crippen LogP contribution is -2.26. The first-order chi connectivity index (χ1) is 7.74. The summed E-state index contributed by atoms with van der Waals surface area (Å²) < 4.78 is 12.7. The lowest BCUT2D eigenvalue weighted by molar-refractivity contribution is -0.0523. The Kier molecular flexibility index (Phi) is 3.38. The number of rotatable bonds is 3. The third-order valence-electron chi connectivity index (χ3n) is 2.82. The van der Waals surface area contributed by atoms with Crippen LogP contribution in [0.15, 0.2) is 29.3 Å². The van der Waals surface area contributed by atoms with Crippen LogP contribution in [-0.4, -0.2) is 35.6 Å². The fourth-order valence-corrected chi connectivity index (χ4v) is 1.91. The summed E-state index contributed by atoms with van der Waals surface area (Å²) >= 11 is 0. The van der Waals surface area contributed by atoms with E-state index in [1.54, 1.807) is 19.5 Å². The molecule has 0 saturated carbocycles. The minimum atomic E-state index is -0.297. The van der Waals surface area contributed by atoms with Crippen molar-refractivity contribution in [1.82, 2.24) is 4.57 Å². The molecule has 2 heterocycles. The Labute approximate surface area is 93.2 Å². The van der Waals surface area contributed by atoms with Crippen LogP contribution < -0.4 is 5.43 Å². The van der Waals surface area contributed by atoms with Crippen molar-refractivity contribution in [2.45, 2.75) is 24.9 Å². The molecule has 1 N–H and O–H groups in total. The standard InChI is InChI=1S/C11H15NO4/c1-15-9-6-11(16-10(9)7-13)12-4-2-8(14)3-5-12/h2-5,9-11,13H,6-7H2,1H3/t9-,10+,11+/m0/s1. The van der Waals surface area contributed by atoms with Gasteiger partial charge in [0.2, 0.25) is 0 Å². The van der Waals surface area contributed by atoms with Gasteiger partial charge in [-0.15, -0.1) is 0 Å². The predicted molar refractivity (Wildman–Crippen MR) is 57.1 cm³/mol. The van der Waals surface area contributed by atoms with Gasteiger partial charge in [-0.05, 0) is 0 Å². The number of hydrogen-bond donors (Lipinski definition) is 1. The van der Waals surface area contributed by atoms with Crippen molar-refractivity contribution in [3.05, 3.63) is 34.7 Å². The van der Waals surface area contributed by atoms with Gasteiger partial charge in [0.25, 0.3) is 0 Å². The number of hydrogen-bond acceptors (Lipinski definition) is 4. The number of aliphatic hydroxyl groups excluding tert-OH is 1. The molecule has 0 amide bonds. The molecule has 5 nitrogen and oxygen atoms in total. The fraction of sp³-hybridized carbons (Fsp3) is 0.545. The van der Waals surface area contributed by atoms with Gasteiger partial charge in [0, 0.05) is 38.1 Å². The number of aromatic nitrogens is 1. The van der Waals surface area contributed by atoms with Crippen LogP contribution in [0.2, 0.25) is 0 Å². The predicted octanol–water partition coefficient (Wildman–Crippen LogP) is 0.143. The summed E-state index contributed by atoms with van der Waals surface area (Å²) in [7, 11) is 1.60. The molecule has 16 heavy (non-hydrogen) atoms. The second-order valence-corrected chi connectivity index (χ2v) is 3.80. The van der Waals surface area contributed by atoms with E-state index in [1.807, 2.05) is 4.57 Å². The average molecular weight is 225 g/mol. The lowest BCUT2D eigenvalue weighted by Gasteiger charge is -2.15. The van der Waals surface area contributed by atoms with Gasteiger partial charge < -0.3 is 19.1 Å². The van der Waals surface area contributed by atoms with Gasteiger partial charge in [0.1, 0.15) is 12.3 Å². The van der Waals surface area contributed by atoms with Gasteiger partial charge in [-0.25, -0.2) is 0 Å². The van der Waals surface area contributed by atoms with Crippen molar-refractivity contribution >= 4 is 0 Å². The van der Waals surface area contributed by atoms with E-state index in [0.29, 0.717) is 6.42 Å². The molecule has 0 radical (unpaired) electrons. The SMILES string of the molecule is CO[C@H]1C[C@H](n2ccc(=O)cc2)O[C@@H]1CO. The second kappa shape index (κ2) is 4.78. The summed E-state index contributed by atoms with van der Waals surface area (Å²) in [5, 5.41) is 9.11. The highest BCUT2D eigenvalue weighted by atomic mass is 16.6. The fourth-order valence-electron chi connectivity index (χ4n) is 1.91. The number of ether oxygens (including phenoxy) is 2.